The van der Waals surface area contributed by atoms with Crippen molar-refractivity contribution in [2.45, 2.75) is 28.9 Å². The predicted octanol–water partition coefficient (Wildman–Crippen LogP) is 8.27. The maximum Gasteiger partial charge on any atom is 0.220 e. The van der Waals surface area contributed by atoms with Crippen molar-refractivity contribution in [2.75, 3.05) is 0 Å². The minimum atomic E-state index is 0.247. The molecule has 48 heavy (non-hydrogen) atoms. The fourth-order valence-corrected chi connectivity index (χ4v) is 10.7. The minimum Gasteiger partial charge on any atom is -0.282 e. The van der Waals surface area contributed by atoms with Gasteiger partial charge >= 0.3 is 0 Å². The quantitative estimate of drug-likeness (QED) is 0.192. The minimum absolute atomic E-state index is 0.247. The first-order chi connectivity index (χ1) is 23.8. The van der Waals surface area contributed by atoms with Gasteiger partial charge in [-0.15, -0.1) is 23.1 Å². The van der Waals surface area contributed by atoms with Crippen LogP contribution in [-0.2, 0) is 0 Å². The monoisotopic (exact) mass is 655 g/mol. The number of pyridine rings is 2. The molecule has 0 spiro atoms. The Labute approximate surface area is 284 Å². The normalized spacial score (nSPS) is 23.0. The number of aromatic nitrogens is 5. The van der Waals surface area contributed by atoms with E-state index in [2.05, 4.69) is 122 Å². The van der Waals surface area contributed by atoms with Crippen molar-refractivity contribution in [2.24, 2.45) is 11.8 Å². The molecule has 4 atom stereocenters. The Kier molecular flexibility index (Phi) is 5.77. The molecule has 230 valence electrons. The molecule has 0 saturated heterocycles. The first-order valence-corrected chi connectivity index (χ1v) is 18.3. The van der Waals surface area contributed by atoms with Crippen LogP contribution in [0.2, 0.25) is 0 Å². The summed E-state index contributed by atoms with van der Waals surface area (Å²) in [5.74, 6) is 1.88. The zero-order valence-electron chi connectivity index (χ0n) is 25.9. The first kappa shape index (κ1) is 27.0. The van der Waals surface area contributed by atoms with Gasteiger partial charge in [0.05, 0.1) is 26.8 Å². The Morgan fingerprint density at radius 2 is 1.65 bits per heavy atom. The Balaban J connectivity index is 1.11. The molecule has 0 fully saturated rings. The third-order valence-electron chi connectivity index (χ3n) is 10.5. The van der Waals surface area contributed by atoms with Gasteiger partial charge in [0, 0.05) is 68.3 Å². The second-order valence-electron chi connectivity index (χ2n) is 13.2. The maximum absolute atomic E-state index is 5.24. The summed E-state index contributed by atoms with van der Waals surface area (Å²) in [7, 11) is 0. The molecule has 0 amide bonds. The number of benzene rings is 2. The molecule has 7 heteroatoms. The van der Waals surface area contributed by atoms with E-state index >= 15 is 0 Å². The van der Waals surface area contributed by atoms with E-state index in [1.54, 1.807) is 0 Å². The van der Waals surface area contributed by atoms with Gasteiger partial charge in [-0.05, 0) is 77.2 Å². The molecule has 11 rings (SSSR count). The summed E-state index contributed by atoms with van der Waals surface area (Å²) in [5, 5.41) is 3.09. The zero-order valence-corrected chi connectivity index (χ0v) is 27.5. The number of hydrogen-bond donors (Lipinski definition) is 0. The standard InChI is InChI=1S/C41H29N5S2/c1-2-6-34-33(5-1)44-41-45(35-7-3-4-8-36(35)46(34)41)28-18-26(24-9-11-37-31(20-24)29-13-15-42-22-39(29)47-37)17-27(19-28)25-10-12-38-32(21-25)30-14-16-43-23-40(30)48-38/h1-9,11-17,19-23,25-26,31,37H,10,18H2. The van der Waals surface area contributed by atoms with E-state index in [0.29, 0.717) is 11.2 Å². The maximum atomic E-state index is 5.24. The van der Waals surface area contributed by atoms with Gasteiger partial charge in [0.25, 0.3) is 0 Å². The Morgan fingerprint density at radius 1 is 0.792 bits per heavy atom. The van der Waals surface area contributed by atoms with E-state index in [-0.39, 0.29) is 11.8 Å². The van der Waals surface area contributed by atoms with Crippen molar-refractivity contribution in [3.05, 3.63) is 142 Å². The summed E-state index contributed by atoms with van der Waals surface area (Å²) in [6.45, 7) is 0. The number of thiophene rings is 1. The van der Waals surface area contributed by atoms with Gasteiger partial charge in [0.15, 0.2) is 0 Å². The molecule has 5 aromatic heterocycles. The van der Waals surface area contributed by atoms with Crippen LogP contribution in [0.5, 0.6) is 0 Å². The van der Waals surface area contributed by atoms with Crippen LogP contribution in [-0.4, -0.2) is 29.2 Å². The topological polar surface area (TPSA) is 48.0 Å². The number of thioether (sulfide) groups is 1. The summed E-state index contributed by atoms with van der Waals surface area (Å²) in [6, 6.07) is 21.6. The summed E-state index contributed by atoms with van der Waals surface area (Å²) >= 11 is 3.80. The van der Waals surface area contributed by atoms with E-state index in [1.807, 2.05) is 47.9 Å². The van der Waals surface area contributed by atoms with E-state index in [0.717, 1.165) is 29.7 Å². The summed E-state index contributed by atoms with van der Waals surface area (Å²) in [6.07, 6.45) is 27.2. The number of rotatable bonds is 3. The second-order valence-corrected chi connectivity index (χ2v) is 15.5. The third kappa shape index (κ3) is 3.95. The molecule has 3 aliphatic carbocycles. The predicted molar refractivity (Wildman–Crippen MR) is 198 cm³/mol. The number of para-hydroxylation sites is 4. The molecule has 0 bridgehead atoms. The highest BCUT2D eigenvalue weighted by Crippen LogP contribution is 2.50. The fraction of sp³-hybridized carbons (Fsp3) is 0.146. The molecule has 0 radical (unpaired) electrons. The molecule has 0 saturated carbocycles. The molecular weight excluding hydrogens is 627 g/mol. The lowest BCUT2D eigenvalue weighted by atomic mass is 9.78. The van der Waals surface area contributed by atoms with Gasteiger partial charge in [-0.1, -0.05) is 60.7 Å². The van der Waals surface area contributed by atoms with Crippen molar-refractivity contribution in [3.63, 3.8) is 0 Å². The van der Waals surface area contributed by atoms with Crippen LogP contribution in [0.1, 0.15) is 24.3 Å². The molecule has 4 aliphatic rings. The highest BCUT2D eigenvalue weighted by atomic mass is 32.2. The first-order valence-electron chi connectivity index (χ1n) is 16.6. The lowest BCUT2D eigenvalue weighted by Crippen LogP contribution is -2.25. The molecule has 0 N–H and O–H groups in total. The largest absolute Gasteiger partial charge is 0.282 e. The summed E-state index contributed by atoms with van der Waals surface area (Å²) in [4.78, 5) is 15.4. The van der Waals surface area contributed by atoms with Gasteiger partial charge in [0.2, 0.25) is 5.78 Å². The lowest BCUT2D eigenvalue weighted by Gasteiger charge is -2.29. The SMILES string of the molecule is C1=CC2Sc3cnccc3C2C=C1C1C=C(C2C=c3c(sc4cnccc34)=CC2)C=C(n2c3ccccc3n3c4ccccc4nc23)C1. The smallest absolute Gasteiger partial charge is 0.220 e. The molecule has 6 heterocycles. The summed E-state index contributed by atoms with van der Waals surface area (Å²) < 4.78 is 7.39. The second kappa shape index (κ2) is 10.3. The number of allylic oxidation sites excluding steroid dienone is 7. The number of hydrogen-bond acceptors (Lipinski definition) is 5. The van der Waals surface area contributed by atoms with Gasteiger partial charge in [-0.25, -0.2) is 4.98 Å². The van der Waals surface area contributed by atoms with Crippen LogP contribution < -0.4 is 9.75 Å². The Morgan fingerprint density at radius 3 is 2.60 bits per heavy atom. The number of fused-ring (bicyclic) bond motifs is 11. The zero-order chi connectivity index (χ0) is 31.3. The van der Waals surface area contributed by atoms with Gasteiger partial charge in [-0.2, -0.15) is 0 Å². The van der Waals surface area contributed by atoms with E-state index < -0.39 is 0 Å². The molecule has 4 unspecified atom stereocenters. The molecule has 2 aromatic carbocycles. The van der Waals surface area contributed by atoms with Crippen molar-refractivity contribution < 1.29 is 0 Å². The van der Waals surface area contributed by atoms with Crippen molar-refractivity contribution >= 4 is 78.9 Å². The van der Waals surface area contributed by atoms with E-state index in [4.69, 9.17) is 4.98 Å². The van der Waals surface area contributed by atoms with E-state index in [1.165, 1.54) is 58.2 Å². The number of imidazole rings is 2. The third-order valence-corrected chi connectivity index (χ3v) is 13.0. The lowest BCUT2D eigenvalue weighted by molar-refractivity contribution is 0.718. The van der Waals surface area contributed by atoms with Gasteiger partial charge in [-0.3, -0.25) is 18.9 Å². The van der Waals surface area contributed by atoms with Gasteiger partial charge < -0.3 is 0 Å². The average molecular weight is 656 g/mol. The summed E-state index contributed by atoms with van der Waals surface area (Å²) in [5.41, 5.74) is 10.0. The van der Waals surface area contributed by atoms with Crippen LogP contribution in [0.3, 0.4) is 0 Å². The molecular formula is C41H29N5S2. The van der Waals surface area contributed by atoms with Crippen LogP contribution in [0, 0.1) is 11.8 Å². The molecule has 7 aromatic rings. The van der Waals surface area contributed by atoms with Crippen molar-refractivity contribution in [3.8, 4) is 0 Å². The van der Waals surface area contributed by atoms with E-state index in [9.17, 15) is 0 Å². The van der Waals surface area contributed by atoms with Crippen molar-refractivity contribution in [1.29, 1.82) is 0 Å². The molecule has 5 nitrogen and oxygen atoms in total. The highest BCUT2D eigenvalue weighted by Gasteiger charge is 2.34. The molecule has 1 aliphatic heterocycles. The van der Waals surface area contributed by atoms with Crippen LogP contribution in [0.25, 0.3) is 55.8 Å². The highest BCUT2D eigenvalue weighted by molar-refractivity contribution is 8.00. The fourth-order valence-electron chi connectivity index (χ4n) is 8.32. The number of nitrogens with zero attached hydrogens (tertiary/aromatic N) is 5. The Bertz CT molecular complexity index is 2750. The van der Waals surface area contributed by atoms with Crippen LogP contribution in [0.4, 0.5) is 0 Å². The van der Waals surface area contributed by atoms with Gasteiger partial charge in [0.1, 0.15) is 0 Å². The van der Waals surface area contributed by atoms with Crippen LogP contribution >= 0.6 is 23.1 Å². The average Bonchev–Trinajstić information content (AvgIpc) is 3.89. The Hall–Kier alpha value is -4.98. The van der Waals surface area contributed by atoms with Crippen LogP contribution in [0.15, 0.2) is 132 Å². The van der Waals surface area contributed by atoms with Crippen molar-refractivity contribution in [1.82, 2.24) is 23.9 Å².